The largest absolute Gasteiger partial charge is 0.481 e. The van der Waals surface area contributed by atoms with Gasteiger partial charge in [-0.25, -0.2) is 0 Å². The van der Waals surface area contributed by atoms with Crippen LogP contribution in [0.15, 0.2) is 0 Å². The molecule has 108 valence electrons. The molecule has 0 radical (unpaired) electrons. The molecule has 19 heavy (non-hydrogen) atoms. The van der Waals surface area contributed by atoms with Gasteiger partial charge in [-0.05, 0) is 30.6 Å². The quantitative estimate of drug-likeness (QED) is 0.825. The molecule has 2 fully saturated rings. The molecule has 0 heterocycles. The van der Waals surface area contributed by atoms with Gasteiger partial charge in [-0.3, -0.25) is 9.59 Å². The third-order valence-electron chi connectivity index (χ3n) is 4.65. The maximum Gasteiger partial charge on any atom is 0.307 e. The van der Waals surface area contributed by atoms with Gasteiger partial charge >= 0.3 is 5.97 Å². The lowest BCUT2D eigenvalue weighted by molar-refractivity contribution is -0.140. The van der Waals surface area contributed by atoms with Gasteiger partial charge in [0.1, 0.15) is 0 Å². The van der Waals surface area contributed by atoms with E-state index < -0.39 is 11.9 Å². The molecule has 0 aliphatic heterocycles. The van der Waals surface area contributed by atoms with E-state index in [2.05, 4.69) is 26.1 Å². The highest BCUT2D eigenvalue weighted by molar-refractivity contribution is 5.89. The summed E-state index contributed by atoms with van der Waals surface area (Å²) >= 11 is 0. The average Bonchev–Trinajstić information content (AvgIpc) is 3.08. The van der Waals surface area contributed by atoms with Crippen LogP contribution in [0.5, 0.6) is 0 Å². The number of hydrogen-bond acceptors (Lipinski definition) is 2. The Kier molecular flexibility index (Phi) is 3.88. The minimum Gasteiger partial charge on any atom is -0.481 e. The fourth-order valence-electron chi connectivity index (χ4n) is 3.39. The second kappa shape index (κ2) is 5.14. The van der Waals surface area contributed by atoms with E-state index in [1.54, 1.807) is 0 Å². The highest BCUT2D eigenvalue weighted by Gasteiger charge is 2.49. The topological polar surface area (TPSA) is 66.4 Å². The van der Waals surface area contributed by atoms with Crippen LogP contribution in [0.25, 0.3) is 0 Å². The number of amides is 1. The third kappa shape index (κ3) is 3.28. The molecule has 0 bridgehead atoms. The van der Waals surface area contributed by atoms with E-state index in [1.165, 1.54) is 6.42 Å². The minimum absolute atomic E-state index is 0.0476. The Morgan fingerprint density at radius 2 is 1.74 bits per heavy atom. The van der Waals surface area contributed by atoms with Crippen LogP contribution in [0.1, 0.15) is 52.9 Å². The third-order valence-corrected chi connectivity index (χ3v) is 4.65. The van der Waals surface area contributed by atoms with Crippen molar-refractivity contribution >= 4 is 11.9 Å². The molecule has 4 heteroatoms. The van der Waals surface area contributed by atoms with Crippen molar-refractivity contribution in [2.45, 2.75) is 58.9 Å². The van der Waals surface area contributed by atoms with Crippen LogP contribution < -0.4 is 5.32 Å². The molecule has 2 aliphatic rings. The number of rotatable bonds is 3. The van der Waals surface area contributed by atoms with E-state index in [9.17, 15) is 9.59 Å². The van der Waals surface area contributed by atoms with E-state index in [1.807, 2.05) is 0 Å². The summed E-state index contributed by atoms with van der Waals surface area (Å²) in [6.07, 6.45) is 5.08. The first-order valence-electron chi connectivity index (χ1n) is 7.34. The van der Waals surface area contributed by atoms with Gasteiger partial charge < -0.3 is 10.4 Å². The number of carboxylic acids is 1. The monoisotopic (exact) mass is 267 g/mol. The van der Waals surface area contributed by atoms with Gasteiger partial charge in [-0.15, -0.1) is 0 Å². The van der Waals surface area contributed by atoms with Crippen LogP contribution in [0.2, 0.25) is 0 Å². The Hall–Kier alpha value is -1.06. The van der Waals surface area contributed by atoms with Gasteiger partial charge in [0.05, 0.1) is 11.8 Å². The van der Waals surface area contributed by atoms with E-state index in [0.717, 1.165) is 19.3 Å². The summed E-state index contributed by atoms with van der Waals surface area (Å²) in [5.74, 6) is -1.13. The molecule has 1 amide bonds. The second-order valence-corrected chi connectivity index (χ2v) is 7.16. The number of aliphatic carboxylic acids is 1. The summed E-state index contributed by atoms with van der Waals surface area (Å²) in [5.41, 5.74) is 0.189. The van der Waals surface area contributed by atoms with Crippen LogP contribution in [0.4, 0.5) is 0 Å². The smallest absolute Gasteiger partial charge is 0.307 e. The molecule has 2 rings (SSSR count). The Morgan fingerprint density at radius 3 is 2.26 bits per heavy atom. The maximum atomic E-state index is 12.1. The molecular weight excluding hydrogens is 242 g/mol. The van der Waals surface area contributed by atoms with Crippen molar-refractivity contribution in [2.75, 3.05) is 0 Å². The number of carbonyl (C=O) groups excluding carboxylic acids is 1. The first-order chi connectivity index (χ1) is 8.80. The number of carboxylic acid groups (broad SMARTS) is 1. The van der Waals surface area contributed by atoms with E-state index >= 15 is 0 Å². The predicted octanol–water partition coefficient (Wildman–Crippen LogP) is 2.43. The first-order valence-corrected chi connectivity index (χ1v) is 7.34. The van der Waals surface area contributed by atoms with Crippen molar-refractivity contribution in [1.29, 1.82) is 0 Å². The lowest BCUT2D eigenvalue weighted by atomic mass is 9.69. The second-order valence-electron chi connectivity index (χ2n) is 7.16. The average molecular weight is 267 g/mol. The summed E-state index contributed by atoms with van der Waals surface area (Å²) in [7, 11) is 0. The van der Waals surface area contributed by atoms with Crippen LogP contribution in [0.3, 0.4) is 0 Å². The van der Waals surface area contributed by atoms with Crippen molar-refractivity contribution < 1.29 is 14.7 Å². The summed E-state index contributed by atoms with van der Waals surface area (Å²) in [4.78, 5) is 22.9. The summed E-state index contributed by atoms with van der Waals surface area (Å²) < 4.78 is 0. The lowest BCUT2D eigenvalue weighted by Gasteiger charge is -2.40. The first kappa shape index (κ1) is 14.4. The number of carbonyl (C=O) groups is 2. The molecule has 2 N–H and O–H groups in total. The van der Waals surface area contributed by atoms with Gasteiger partial charge in [-0.1, -0.05) is 33.6 Å². The molecule has 2 saturated carbocycles. The zero-order chi connectivity index (χ0) is 14.2. The Morgan fingerprint density at radius 1 is 1.11 bits per heavy atom. The van der Waals surface area contributed by atoms with Gasteiger partial charge in [0.15, 0.2) is 0 Å². The van der Waals surface area contributed by atoms with Gasteiger partial charge in [0.2, 0.25) is 5.91 Å². The summed E-state index contributed by atoms with van der Waals surface area (Å²) in [5, 5.41) is 12.0. The molecule has 4 atom stereocenters. The van der Waals surface area contributed by atoms with Gasteiger partial charge in [0, 0.05) is 6.04 Å². The molecule has 0 aromatic heterocycles. The summed E-state index contributed by atoms with van der Waals surface area (Å²) in [6, 6.07) is 0.219. The Labute approximate surface area is 115 Å². The molecule has 0 aromatic carbocycles. The predicted molar refractivity (Wildman–Crippen MR) is 72.6 cm³/mol. The number of nitrogens with one attached hydrogen (secondary N) is 1. The standard InChI is InChI=1S/C15H25NO3/c1-15(2,3)11-6-4-5-7-12(11)16-13(17)9-8-10(9)14(18)19/h9-12H,4-8H2,1-3H3,(H,16,17)(H,18,19)/t9-,10+,11?,12?/m1/s1. The van der Waals surface area contributed by atoms with E-state index in [-0.39, 0.29) is 23.3 Å². The van der Waals surface area contributed by atoms with Gasteiger partial charge in [0.25, 0.3) is 0 Å². The van der Waals surface area contributed by atoms with Crippen molar-refractivity contribution in [3.63, 3.8) is 0 Å². The zero-order valence-electron chi connectivity index (χ0n) is 12.1. The molecule has 2 unspecified atom stereocenters. The molecular formula is C15H25NO3. The molecule has 2 aliphatic carbocycles. The molecule has 0 aromatic rings. The number of hydrogen-bond donors (Lipinski definition) is 2. The summed E-state index contributed by atoms with van der Waals surface area (Å²) in [6.45, 7) is 6.66. The van der Waals surface area contributed by atoms with Crippen LogP contribution in [-0.4, -0.2) is 23.0 Å². The molecule has 0 spiro atoms. The fraction of sp³-hybridized carbons (Fsp3) is 0.867. The Bertz CT molecular complexity index is 372. The SMILES string of the molecule is CC(C)(C)C1CCCCC1NC(=O)[C@@H]1C[C@@H]1C(=O)O. The van der Waals surface area contributed by atoms with Crippen LogP contribution in [0, 0.1) is 23.2 Å². The highest BCUT2D eigenvalue weighted by atomic mass is 16.4. The van der Waals surface area contributed by atoms with Crippen molar-refractivity contribution in [2.24, 2.45) is 23.2 Å². The van der Waals surface area contributed by atoms with E-state index in [0.29, 0.717) is 12.3 Å². The van der Waals surface area contributed by atoms with E-state index in [4.69, 9.17) is 5.11 Å². The highest BCUT2D eigenvalue weighted by Crippen LogP contribution is 2.41. The zero-order valence-corrected chi connectivity index (χ0v) is 12.1. The van der Waals surface area contributed by atoms with Crippen molar-refractivity contribution in [3.8, 4) is 0 Å². The maximum absolute atomic E-state index is 12.1. The Balaban J connectivity index is 1.93. The van der Waals surface area contributed by atoms with Gasteiger partial charge in [-0.2, -0.15) is 0 Å². The lowest BCUT2D eigenvalue weighted by Crippen LogP contribution is -2.47. The minimum atomic E-state index is -0.837. The molecule has 4 nitrogen and oxygen atoms in total. The normalized spacial score (nSPS) is 34.7. The fourth-order valence-corrected chi connectivity index (χ4v) is 3.39. The van der Waals surface area contributed by atoms with Crippen molar-refractivity contribution in [1.82, 2.24) is 5.32 Å². The molecule has 0 saturated heterocycles. The van der Waals surface area contributed by atoms with Crippen molar-refractivity contribution in [3.05, 3.63) is 0 Å². The van der Waals surface area contributed by atoms with Crippen LogP contribution in [-0.2, 0) is 9.59 Å². The van der Waals surface area contributed by atoms with Crippen LogP contribution >= 0.6 is 0 Å².